The molecule has 0 N–H and O–H groups in total. The monoisotopic (exact) mass is 116 g/mol. The molecule has 1 saturated heterocycles. The van der Waals surface area contributed by atoms with Crippen LogP contribution in [0.3, 0.4) is 0 Å². The van der Waals surface area contributed by atoms with E-state index in [1.165, 1.54) is 0 Å². The van der Waals surface area contributed by atoms with Crippen LogP contribution >= 0.6 is 7.80 Å². The molecule has 0 saturated carbocycles. The first kappa shape index (κ1) is 3.73. The average Bonchev–Trinajstić information content (AvgIpc) is 2.15. The molecule has 1 fully saturated rings. The highest BCUT2D eigenvalue weighted by Crippen LogP contribution is 2.46. The minimum atomic E-state index is -1.29. The second-order valence-electron chi connectivity index (χ2n) is 1.82. The first-order valence-corrected chi connectivity index (χ1v) is 3.96. The summed E-state index contributed by atoms with van der Waals surface area (Å²) in [6.45, 7) is 0. The molecule has 0 aromatic rings. The van der Waals surface area contributed by atoms with Gasteiger partial charge in [0.2, 0.25) is 0 Å². The number of ether oxygens (including phenoxy) is 1. The summed E-state index contributed by atoms with van der Waals surface area (Å²) in [6, 6.07) is 0. The largest absolute Gasteiger partial charge is 0.482 e. The van der Waals surface area contributed by atoms with Gasteiger partial charge in [-0.2, -0.15) is 0 Å². The zero-order valence-electron chi connectivity index (χ0n) is 3.68. The van der Waals surface area contributed by atoms with Crippen LogP contribution in [-0.2, 0) is 9.30 Å². The lowest BCUT2D eigenvalue weighted by atomic mass is 10.5. The van der Waals surface area contributed by atoms with Crippen LogP contribution < -0.4 is 0 Å². The molecule has 2 unspecified atom stereocenters. The normalized spacial score (nSPS) is 44.3. The fourth-order valence-corrected chi connectivity index (χ4v) is 2.14. The number of hydrogen-bond donors (Lipinski definition) is 0. The summed E-state index contributed by atoms with van der Waals surface area (Å²) >= 11 is 0. The van der Waals surface area contributed by atoms with Crippen molar-refractivity contribution in [2.75, 3.05) is 6.16 Å². The Bertz CT molecular complexity index is 161. The molecule has 2 nitrogen and oxygen atoms in total. The van der Waals surface area contributed by atoms with Crippen molar-refractivity contribution in [1.82, 2.24) is 0 Å². The van der Waals surface area contributed by atoms with E-state index in [1.807, 2.05) is 0 Å². The number of epoxide rings is 1. The molecule has 2 rings (SSSR count). The number of fused-ring (bicyclic) bond motifs is 1. The van der Waals surface area contributed by atoms with Crippen LogP contribution in [0.1, 0.15) is 0 Å². The second kappa shape index (κ2) is 0.948. The van der Waals surface area contributed by atoms with Crippen molar-refractivity contribution in [2.24, 2.45) is 0 Å². The van der Waals surface area contributed by atoms with E-state index < -0.39 is 7.80 Å². The van der Waals surface area contributed by atoms with Crippen LogP contribution in [0.25, 0.3) is 0 Å². The van der Waals surface area contributed by atoms with E-state index in [9.17, 15) is 4.57 Å². The summed E-state index contributed by atoms with van der Waals surface area (Å²) in [7, 11) is -1.29. The molecule has 7 heavy (non-hydrogen) atoms. The first-order chi connectivity index (χ1) is 3.36. The Morgan fingerprint density at radius 1 is 2.00 bits per heavy atom. The predicted molar refractivity (Wildman–Crippen MR) is 26.8 cm³/mol. The number of hydrogen-bond acceptors (Lipinski definition) is 2. The zero-order valence-corrected chi connectivity index (χ0v) is 4.68. The molecule has 0 spiro atoms. The molecule has 2 aliphatic rings. The van der Waals surface area contributed by atoms with Gasteiger partial charge in [-0.3, -0.25) is 0 Å². The van der Waals surface area contributed by atoms with Crippen molar-refractivity contribution < 1.29 is 9.30 Å². The van der Waals surface area contributed by atoms with E-state index in [-0.39, 0.29) is 6.10 Å². The molecule has 2 aliphatic heterocycles. The highest BCUT2D eigenvalue weighted by molar-refractivity contribution is 7.48. The molecule has 0 bridgehead atoms. The molecule has 2 heterocycles. The molecule has 0 aliphatic carbocycles. The Labute approximate surface area is 42.0 Å². The third-order valence-electron chi connectivity index (χ3n) is 1.23. The van der Waals surface area contributed by atoms with Gasteiger partial charge in [-0.05, 0) is 0 Å². The molecule has 0 amide bonds. The molecular formula is C4H5O2P. The van der Waals surface area contributed by atoms with E-state index in [1.54, 1.807) is 5.82 Å². The van der Waals surface area contributed by atoms with Gasteiger partial charge in [0.05, 0.1) is 0 Å². The zero-order chi connectivity index (χ0) is 4.85. The van der Waals surface area contributed by atoms with Crippen LogP contribution in [0.4, 0.5) is 0 Å². The minimum absolute atomic E-state index is 0.284. The maximum atomic E-state index is 10.5. The molecular weight excluding hydrogens is 111 g/mol. The van der Waals surface area contributed by atoms with Gasteiger partial charge in [0.1, 0.15) is 13.6 Å². The molecule has 0 radical (unpaired) electrons. The number of rotatable bonds is 0. The Morgan fingerprint density at radius 3 is 3.14 bits per heavy atom. The summed E-state index contributed by atoms with van der Waals surface area (Å²) in [5.74, 6) is 2.74. The van der Waals surface area contributed by atoms with Crippen LogP contribution in [0.2, 0.25) is 0 Å². The fraction of sp³-hybridized carbons (Fsp3) is 0.500. The summed E-state index contributed by atoms with van der Waals surface area (Å²) in [5.41, 5.74) is 0. The van der Waals surface area contributed by atoms with E-state index in [2.05, 4.69) is 0 Å². The van der Waals surface area contributed by atoms with Gasteiger partial charge in [-0.25, -0.2) is 0 Å². The Kier molecular flexibility index (Phi) is 0.505. The maximum absolute atomic E-state index is 10.5. The van der Waals surface area contributed by atoms with Crippen LogP contribution in [0.15, 0.2) is 11.6 Å². The summed E-state index contributed by atoms with van der Waals surface area (Å²) in [4.78, 5) is 0. The standard InChI is InChI=1S/C4H5O2P/c5-7-1-3-4(2-7)6-3/h1,4,7H,2H2. The van der Waals surface area contributed by atoms with Crippen LogP contribution in [0, 0.1) is 0 Å². The highest BCUT2D eigenvalue weighted by atomic mass is 31.1. The van der Waals surface area contributed by atoms with Crippen LogP contribution in [0.5, 0.6) is 0 Å². The SMILES string of the molecule is O=[PH]1C=C2OC2C1. The van der Waals surface area contributed by atoms with Gasteiger partial charge < -0.3 is 9.30 Å². The van der Waals surface area contributed by atoms with E-state index in [4.69, 9.17) is 4.74 Å². The third kappa shape index (κ3) is 0.433. The van der Waals surface area contributed by atoms with Crippen LogP contribution in [-0.4, -0.2) is 12.3 Å². The smallest absolute Gasteiger partial charge is 0.162 e. The molecule has 3 heteroatoms. The van der Waals surface area contributed by atoms with Crippen molar-refractivity contribution in [1.29, 1.82) is 0 Å². The van der Waals surface area contributed by atoms with Gasteiger partial charge in [-0.15, -0.1) is 0 Å². The van der Waals surface area contributed by atoms with E-state index in [0.717, 1.165) is 11.9 Å². The lowest BCUT2D eigenvalue weighted by Crippen LogP contribution is -1.79. The van der Waals surface area contributed by atoms with Gasteiger partial charge in [-0.1, -0.05) is 0 Å². The summed E-state index contributed by atoms with van der Waals surface area (Å²) < 4.78 is 15.4. The maximum Gasteiger partial charge on any atom is 0.162 e. The van der Waals surface area contributed by atoms with Crippen molar-refractivity contribution in [3.8, 4) is 0 Å². The van der Waals surface area contributed by atoms with E-state index >= 15 is 0 Å². The lowest BCUT2D eigenvalue weighted by molar-refractivity contribution is 0.442. The first-order valence-electron chi connectivity index (χ1n) is 2.27. The van der Waals surface area contributed by atoms with Crippen molar-refractivity contribution >= 4 is 7.80 Å². The average molecular weight is 116 g/mol. The molecule has 0 aromatic heterocycles. The third-order valence-corrected chi connectivity index (χ3v) is 2.61. The quantitative estimate of drug-likeness (QED) is 0.346. The van der Waals surface area contributed by atoms with Gasteiger partial charge in [0.25, 0.3) is 0 Å². The Morgan fingerprint density at radius 2 is 2.86 bits per heavy atom. The Balaban J connectivity index is 2.38. The van der Waals surface area contributed by atoms with Crippen molar-refractivity contribution in [3.63, 3.8) is 0 Å². The summed E-state index contributed by atoms with van der Waals surface area (Å²) in [5, 5.41) is 0. The van der Waals surface area contributed by atoms with E-state index in [0.29, 0.717) is 0 Å². The predicted octanol–water partition coefficient (Wildman–Crippen LogP) is 0.800. The van der Waals surface area contributed by atoms with Gasteiger partial charge in [0, 0.05) is 12.0 Å². The van der Waals surface area contributed by atoms with Gasteiger partial charge in [0.15, 0.2) is 6.10 Å². The second-order valence-corrected chi connectivity index (χ2v) is 3.45. The minimum Gasteiger partial charge on any atom is -0.482 e. The van der Waals surface area contributed by atoms with Gasteiger partial charge >= 0.3 is 0 Å². The highest BCUT2D eigenvalue weighted by Gasteiger charge is 2.39. The lowest BCUT2D eigenvalue weighted by Gasteiger charge is -1.80. The van der Waals surface area contributed by atoms with Crippen molar-refractivity contribution in [3.05, 3.63) is 11.6 Å². The van der Waals surface area contributed by atoms with Crippen molar-refractivity contribution in [2.45, 2.75) is 6.10 Å². The fourth-order valence-electron chi connectivity index (χ4n) is 0.800. The summed E-state index contributed by atoms with van der Waals surface area (Å²) in [6.07, 6.45) is 1.06. The molecule has 0 aromatic carbocycles. The molecule has 38 valence electrons. The molecule has 2 atom stereocenters. The topological polar surface area (TPSA) is 29.6 Å². The Hall–Kier alpha value is -0.230.